The highest BCUT2D eigenvalue weighted by molar-refractivity contribution is 7.80. The molecule has 0 bridgehead atoms. The van der Waals surface area contributed by atoms with Gasteiger partial charge in [0.15, 0.2) is 10.8 Å². The van der Waals surface area contributed by atoms with E-state index in [2.05, 4.69) is 10.5 Å². The number of thiocarbonyl (C=S) groups is 1. The topological polar surface area (TPSA) is 96.4 Å². The first-order valence-corrected chi connectivity index (χ1v) is 5.49. The fraction of sp³-hybridized carbons (Fsp3) is 0.444. The average molecular weight is 255 g/mol. The van der Waals surface area contributed by atoms with Crippen molar-refractivity contribution >= 4 is 23.3 Å². The summed E-state index contributed by atoms with van der Waals surface area (Å²) in [7, 11) is 1.75. The molecule has 0 unspecified atom stereocenters. The molecular weight excluding hydrogens is 242 g/mol. The van der Waals surface area contributed by atoms with E-state index in [1.807, 2.05) is 4.90 Å². The standard InChI is InChI=1S/C9H13N5O2S/c1-13-6-2-3-14(9(17)11-10)4-5(6)7(12-13)8(15)16/h2-4,10H2,1H3,(H,11,17)(H,15,16). The molecule has 2 heterocycles. The van der Waals surface area contributed by atoms with Gasteiger partial charge in [-0.3, -0.25) is 4.68 Å². The second-order valence-electron chi connectivity index (χ2n) is 3.82. The summed E-state index contributed by atoms with van der Waals surface area (Å²) in [5.74, 6) is 4.24. The van der Waals surface area contributed by atoms with Crippen LogP contribution in [-0.2, 0) is 20.0 Å². The Labute approximate surface area is 103 Å². The Bertz CT molecular complexity index is 484. The van der Waals surface area contributed by atoms with Crippen LogP contribution in [0.1, 0.15) is 21.7 Å². The Hall–Kier alpha value is -1.67. The second-order valence-corrected chi connectivity index (χ2v) is 4.21. The molecule has 0 spiro atoms. The maximum absolute atomic E-state index is 11.1. The molecule has 8 heteroatoms. The van der Waals surface area contributed by atoms with E-state index in [-0.39, 0.29) is 5.69 Å². The van der Waals surface area contributed by atoms with Crippen LogP contribution >= 0.6 is 12.2 Å². The van der Waals surface area contributed by atoms with Crippen LogP contribution in [-0.4, -0.2) is 37.4 Å². The molecule has 4 N–H and O–H groups in total. The number of nitrogens with two attached hydrogens (primary N) is 1. The summed E-state index contributed by atoms with van der Waals surface area (Å²) in [5.41, 5.74) is 4.15. The number of hydrogen-bond acceptors (Lipinski definition) is 4. The number of fused-ring (bicyclic) bond motifs is 1. The maximum atomic E-state index is 11.1. The van der Waals surface area contributed by atoms with Crippen molar-refractivity contribution in [3.63, 3.8) is 0 Å². The number of hydrazine groups is 1. The summed E-state index contributed by atoms with van der Waals surface area (Å²) in [6, 6.07) is 0. The van der Waals surface area contributed by atoms with Gasteiger partial charge in [-0.05, 0) is 12.2 Å². The van der Waals surface area contributed by atoms with Crippen LogP contribution in [0.25, 0.3) is 0 Å². The smallest absolute Gasteiger partial charge is 0.356 e. The zero-order valence-electron chi connectivity index (χ0n) is 9.30. The van der Waals surface area contributed by atoms with Crippen molar-refractivity contribution in [2.75, 3.05) is 6.54 Å². The van der Waals surface area contributed by atoms with E-state index in [1.54, 1.807) is 11.7 Å². The number of aromatic nitrogens is 2. The minimum Gasteiger partial charge on any atom is -0.476 e. The van der Waals surface area contributed by atoms with E-state index in [9.17, 15) is 4.79 Å². The van der Waals surface area contributed by atoms with Gasteiger partial charge in [0.2, 0.25) is 0 Å². The molecule has 0 radical (unpaired) electrons. The molecule has 0 aliphatic carbocycles. The van der Waals surface area contributed by atoms with Crippen molar-refractivity contribution in [2.24, 2.45) is 12.9 Å². The lowest BCUT2D eigenvalue weighted by atomic mass is 10.1. The zero-order chi connectivity index (χ0) is 12.6. The van der Waals surface area contributed by atoms with Crippen molar-refractivity contribution < 1.29 is 9.90 Å². The van der Waals surface area contributed by atoms with Gasteiger partial charge in [-0.2, -0.15) is 5.10 Å². The Balaban J connectivity index is 2.36. The molecule has 0 saturated heterocycles. The highest BCUT2D eigenvalue weighted by atomic mass is 32.1. The monoisotopic (exact) mass is 255 g/mol. The van der Waals surface area contributed by atoms with Crippen molar-refractivity contribution in [3.8, 4) is 0 Å². The zero-order valence-corrected chi connectivity index (χ0v) is 10.1. The second kappa shape index (κ2) is 4.30. The Morgan fingerprint density at radius 1 is 1.65 bits per heavy atom. The van der Waals surface area contributed by atoms with Crippen molar-refractivity contribution in [1.29, 1.82) is 0 Å². The van der Waals surface area contributed by atoms with Gasteiger partial charge in [-0.25, -0.2) is 10.6 Å². The fourth-order valence-corrected chi connectivity index (χ4v) is 2.18. The number of carboxylic acid groups (broad SMARTS) is 1. The summed E-state index contributed by atoms with van der Waals surface area (Å²) in [5, 5.41) is 13.5. The van der Waals surface area contributed by atoms with Gasteiger partial charge in [-0.15, -0.1) is 0 Å². The molecule has 0 saturated carbocycles. The quantitative estimate of drug-likeness (QED) is 0.344. The molecule has 1 aliphatic heterocycles. The summed E-state index contributed by atoms with van der Waals surface area (Å²) in [6.45, 7) is 1.13. The minimum atomic E-state index is -1.02. The van der Waals surface area contributed by atoms with E-state index in [0.29, 0.717) is 30.2 Å². The van der Waals surface area contributed by atoms with Gasteiger partial charge in [0.1, 0.15) is 0 Å². The van der Waals surface area contributed by atoms with Crippen LogP contribution in [0.5, 0.6) is 0 Å². The van der Waals surface area contributed by atoms with Crippen LogP contribution in [0, 0.1) is 0 Å². The number of aromatic carboxylic acids is 1. The lowest BCUT2D eigenvalue weighted by Crippen LogP contribution is -2.45. The summed E-state index contributed by atoms with van der Waals surface area (Å²) in [4.78, 5) is 12.9. The van der Waals surface area contributed by atoms with Crippen molar-refractivity contribution in [1.82, 2.24) is 20.1 Å². The number of nitrogens with one attached hydrogen (secondary N) is 1. The molecule has 7 nitrogen and oxygen atoms in total. The number of hydrogen-bond donors (Lipinski definition) is 3. The predicted octanol–water partition coefficient (Wildman–Crippen LogP) is -0.775. The molecule has 1 aromatic rings. The molecule has 0 atom stereocenters. The average Bonchev–Trinajstić information content (AvgIpc) is 2.65. The first kappa shape index (κ1) is 11.8. The molecule has 2 rings (SSSR count). The molecular formula is C9H13N5O2S. The van der Waals surface area contributed by atoms with Crippen molar-refractivity contribution in [3.05, 3.63) is 17.0 Å². The third-order valence-electron chi connectivity index (χ3n) is 2.86. The van der Waals surface area contributed by atoms with Gasteiger partial charge in [0.05, 0.1) is 0 Å². The number of rotatable bonds is 1. The Morgan fingerprint density at radius 3 is 2.94 bits per heavy atom. The molecule has 0 fully saturated rings. The van der Waals surface area contributed by atoms with Crippen LogP contribution in [0.15, 0.2) is 0 Å². The van der Waals surface area contributed by atoms with E-state index in [4.69, 9.17) is 23.2 Å². The minimum absolute atomic E-state index is 0.0898. The summed E-state index contributed by atoms with van der Waals surface area (Å²) >= 11 is 5.04. The van der Waals surface area contributed by atoms with Gasteiger partial charge in [-0.1, -0.05) is 0 Å². The molecule has 1 aliphatic rings. The highest BCUT2D eigenvalue weighted by Gasteiger charge is 2.27. The maximum Gasteiger partial charge on any atom is 0.356 e. The van der Waals surface area contributed by atoms with Crippen molar-refractivity contribution in [2.45, 2.75) is 13.0 Å². The lowest BCUT2D eigenvalue weighted by molar-refractivity contribution is 0.0687. The van der Waals surface area contributed by atoms with E-state index in [1.165, 1.54) is 0 Å². The first-order valence-electron chi connectivity index (χ1n) is 5.08. The first-order chi connectivity index (χ1) is 8.04. The molecule has 0 amide bonds. The number of carbonyl (C=O) groups is 1. The summed E-state index contributed by atoms with van der Waals surface area (Å²) < 4.78 is 1.62. The van der Waals surface area contributed by atoms with Gasteiger partial charge in [0, 0.05) is 37.8 Å². The lowest BCUT2D eigenvalue weighted by Gasteiger charge is -2.28. The third kappa shape index (κ3) is 1.96. The number of aryl methyl sites for hydroxylation is 1. The van der Waals surface area contributed by atoms with E-state index < -0.39 is 5.97 Å². The number of nitrogens with zero attached hydrogens (tertiary/aromatic N) is 3. The molecule has 92 valence electrons. The van der Waals surface area contributed by atoms with Crippen LogP contribution in [0.4, 0.5) is 0 Å². The Kier molecular flexibility index (Phi) is 2.99. The molecule has 17 heavy (non-hydrogen) atoms. The summed E-state index contributed by atoms with van der Waals surface area (Å²) in [6.07, 6.45) is 0.702. The molecule has 1 aromatic heterocycles. The SMILES string of the molecule is Cn1nc(C(=O)O)c2c1CCN(C(=S)NN)C2. The predicted molar refractivity (Wildman–Crippen MR) is 64.2 cm³/mol. The van der Waals surface area contributed by atoms with Crippen LogP contribution in [0.3, 0.4) is 0 Å². The van der Waals surface area contributed by atoms with Crippen LogP contribution in [0.2, 0.25) is 0 Å². The van der Waals surface area contributed by atoms with Gasteiger partial charge >= 0.3 is 5.97 Å². The van der Waals surface area contributed by atoms with E-state index in [0.717, 1.165) is 5.69 Å². The highest BCUT2D eigenvalue weighted by Crippen LogP contribution is 2.22. The largest absolute Gasteiger partial charge is 0.476 e. The van der Waals surface area contributed by atoms with Gasteiger partial charge in [0.25, 0.3) is 0 Å². The van der Waals surface area contributed by atoms with E-state index >= 15 is 0 Å². The van der Waals surface area contributed by atoms with Gasteiger partial charge < -0.3 is 15.4 Å². The molecule has 0 aromatic carbocycles. The number of carboxylic acids is 1. The third-order valence-corrected chi connectivity index (χ3v) is 3.23. The Morgan fingerprint density at radius 2 is 2.35 bits per heavy atom. The fourth-order valence-electron chi connectivity index (χ4n) is 2.03. The van der Waals surface area contributed by atoms with Crippen LogP contribution < -0.4 is 11.3 Å². The normalized spacial score (nSPS) is 14.4.